The van der Waals surface area contributed by atoms with Crippen molar-refractivity contribution in [2.24, 2.45) is 4.99 Å². The highest BCUT2D eigenvalue weighted by Crippen LogP contribution is 2.11. The fourth-order valence-corrected chi connectivity index (χ4v) is 0.819. The van der Waals surface area contributed by atoms with Crippen LogP contribution >= 0.6 is 0 Å². The maximum Gasteiger partial charge on any atom is 0.343 e. The summed E-state index contributed by atoms with van der Waals surface area (Å²) in [5.74, 6) is -0.354. The molecule has 0 unspecified atom stereocenters. The van der Waals surface area contributed by atoms with Crippen LogP contribution in [-0.2, 0) is 14.3 Å². The van der Waals surface area contributed by atoms with E-state index in [-0.39, 0.29) is 5.97 Å². The fourth-order valence-electron chi connectivity index (χ4n) is 0.819. The van der Waals surface area contributed by atoms with Crippen LogP contribution in [-0.4, -0.2) is 31.4 Å². The Balaban J connectivity index is 2.56. The van der Waals surface area contributed by atoms with E-state index >= 15 is 0 Å². The van der Waals surface area contributed by atoms with Crippen molar-refractivity contribution in [3.05, 3.63) is 11.8 Å². The average Bonchev–Trinajstić information content (AvgIpc) is 2.89. The molecule has 4 nitrogen and oxygen atoms in total. The number of carbonyl (C=O) groups excluding carboxylic acids is 1. The molecule has 4 heteroatoms. The Kier molecular flexibility index (Phi) is 3.49. The topological polar surface area (TPSA) is 47.9 Å². The summed E-state index contributed by atoms with van der Waals surface area (Å²) in [6.45, 7) is 5.16. The minimum absolute atomic E-state index is 0.354. The Morgan fingerprint density at radius 2 is 2.23 bits per heavy atom. The van der Waals surface area contributed by atoms with Gasteiger partial charge in [-0.3, -0.25) is 4.99 Å². The van der Waals surface area contributed by atoms with E-state index in [2.05, 4.69) is 4.99 Å². The summed E-state index contributed by atoms with van der Waals surface area (Å²) >= 11 is 0. The molecule has 1 rings (SSSR count). The molecule has 0 radical (unpaired) electrons. The number of nitrogens with zero attached hydrogens (tertiary/aromatic N) is 1. The van der Waals surface area contributed by atoms with Crippen LogP contribution in [0.3, 0.4) is 0 Å². The molecule has 0 saturated carbocycles. The first-order chi connectivity index (χ1) is 6.29. The molecule has 0 atom stereocenters. The molecular formula is C9H13NO3. The minimum Gasteiger partial charge on any atom is -0.501 e. The van der Waals surface area contributed by atoms with E-state index in [1.54, 1.807) is 6.92 Å². The zero-order chi connectivity index (χ0) is 9.68. The van der Waals surface area contributed by atoms with Gasteiger partial charge in [0.25, 0.3) is 0 Å². The summed E-state index contributed by atoms with van der Waals surface area (Å²) in [7, 11) is 0. The Morgan fingerprint density at radius 1 is 1.54 bits per heavy atom. The van der Waals surface area contributed by atoms with E-state index < -0.39 is 0 Å². The molecular weight excluding hydrogens is 170 g/mol. The molecule has 1 heterocycles. The number of carbonyl (C=O) groups is 1. The van der Waals surface area contributed by atoms with Crippen molar-refractivity contribution >= 4 is 11.7 Å². The fraction of sp³-hybridized carbons (Fsp3) is 0.556. The molecule has 1 aliphatic heterocycles. The lowest BCUT2D eigenvalue weighted by Crippen LogP contribution is -2.11. The molecule has 0 aromatic heterocycles. The van der Waals surface area contributed by atoms with Crippen LogP contribution in [0.15, 0.2) is 16.8 Å². The van der Waals surface area contributed by atoms with Crippen molar-refractivity contribution in [2.75, 3.05) is 19.8 Å². The lowest BCUT2D eigenvalue weighted by atomic mass is 10.2. The van der Waals surface area contributed by atoms with Crippen molar-refractivity contribution in [3.63, 3.8) is 0 Å². The van der Waals surface area contributed by atoms with Crippen LogP contribution in [0.5, 0.6) is 0 Å². The highest BCUT2D eigenvalue weighted by molar-refractivity contribution is 6.25. The molecule has 0 saturated heterocycles. The van der Waals surface area contributed by atoms with Crippen molar-refractivity contribution in [3.8, 4) is 0 Å². The van der Waals surface area contributed by atoms with Crippen LogP contribution in [0.1, 0.15) is 13.8 Å². The smallest absolute Gasteiger partial charge is 0.343 e. The van der Waals surface area contributed by atoms with Gasteiger partial charge in [0, 0.05) is 0 Å². The molecule has 0 amide bonds. The predicted octanol–water partition coefficient (Wildman–Crippen LogP) is 0.924. The Labute approximate surface area is 77.2 Å². The summed E-state index contributed by atoms with van der Waals surface area (Å²) in [6, 6.07) is 0. The summed E-state index contributed by atoms with van der Waals surface area (Å²) in [5, 5.41) is 0. The SMILES string of the molecule is CCOC=C(C(=O)OCC)C1=NC1. The number of esters is 1. The van der Waals surface area contributed by atoms with Gasteiger partial charge in [-0.25, -0.2) is 4.79 Å². The van der Waals surface area contributed by atoms with Gasteiger partial charge in [-0.15, -0.1) is 0 Å². The van der Waals surface area contributed by atoms with E-state index in [9.17, 15) is 4.79 Å². The highest BCUT2D eigenvalue weighted by Gasteiger charge is 2.23. The molecule has 0 bridgehead atoms. The standard InChI is InChI=1S/C9H13NO3/c1-3-12-6-7(8-5-10-8)9(11)13-4-2/h6H,3-5H2,1-2H3. The van der Waals surface area contributed by atoms with Crippen LogP contribution < -0.4 is 0 Å². The Bertz CT molecular complexity index is 256. The number of hydrogen-bond acceptors (Lipinski definition) is 4. The monoisotopic (exact) mass is 183 g/mol. The van der Waals surface area contributed by atoms with Crippen LogP contribution in [0.25, 0.3) is 0 Å². The summed E-state index contributed by atoms with van der Waals surface area (Å²) < 4.78 is 9.86. The molecule has 0 aromatic rings. The van der Waals surface area contributed by atoms with E-state index in [0.29, 0.717) is 25.3 Å². The maximum absolute atomic E-state index is 11.3. The lowest BCUT2D eigenvalue weighted by Gasteiger charge is -2.02. The van der Waals surface area contributed by atoms with E-state index in [1.807, 2.05) is 6.92 Å². The second-order valence-corrected chi connectivity index (χ2v) is 2.47. The molecule has 0 fully saturated rings. The third-order valence-electron chi connectivity index (χ3n) is 1.49. The molecule has 1 aliphatic rings. The lowest BCUT2D eigenvalue weighted by molar-refractivity contribution is -0.138. The van der Waals surface area contributed by atoms with E-state index in [0.717, 1.165) is 5.71 Å². The first-order valence-electron chi connectivity index (χ1n) is 4.32. The number of hydrogen-bond donors (Lipinski definition) is 0. The quantitative estimate of drug-likeness (QED) is 0.362. The number of aliphatic imine (C=N–C) groups is 1. The van der Waals surface area contributed by atoms with Gasteiger partial charge in [0.05, 0.1) is 31.7 Å². The molecule has 0 N–H and O–H groups in total. The van der Waals surface area contributed by atoms with Crippen LogP contribution in [0, 0.1) is 0 Å². The van der Waals surface area contributed by atoms with Gasteiger partial charge in [-0.1, -0.05) is 0 Å². The first-order valence-corrected chi connectivity index (χ1v) is 4.32. The van der Waals surface area contributed by atoms with Gasteiger partial charge in [0.1, 0.15) is 5.57 Å². The molecule has 0 spiro atoms. The van der Waals surface area contributed by atoms with Crippen LogP contribution in [0.2, 0.25) is 0 Å². The third-order valence-corrected chi connectivity index (χ3v) is 1.49. The molecule has 72 valence electrons. The Morgan fingerprint density at radius 3 is 2.69 bits per heavy atom. The largest absolute Gasteiger partial charge is 0.501 e. The third kappa shape index (κ3) is 2.89. The maximum atomic E-state index is 11.3. The average molecular weight is 183 g/mol. The summed E-state index contributed by atoms with van der Waals surface area (Å²) in [4.78, 5) is 15.2. The van der Waals surface area contributed by atoms with Crippen molar-refractivity contribution in [2.45, 2.75) is 13.8 Å². The van der Waals surface area contributed by atoms with Crippen molar-refractivity contribution < 1.29 is 14.3 Å². The number of rotatable bonds is 5. The predicted molar refractivity (Wildman–Crippen MR) is 48.6 cm³/mol. The van der Waals surface area contributed by atoms with Gasteiger partial charge in [-0.2, -0.15) is 0 Å². The van der Waals surface area contributed by atoms with Crippen LogP contribution in [0.4, 0.5) is 0 Å². The zero-order valence-electron chi connectivity index (χ0n) is 7.87. The second-order valence-electron chi connectivity index (χ2n) is 2.47. The van der Waals surface area contributed by atoms with E-state index in [1.165, 1.54) is 6.26 Å². The first kappa shape index (κ1) is 9.77. The summed E-state index contributed by atoms with van der Waals surface area (Å²) in [6.07, 6.45) is 1.42. The number of ether oxygens (including phenoxy) is 2. The van der Waals surface area contributed by atoms with Gasteiger partial charge >= 0.3 is 5.97 Å². The van der Waals surface area contributed by atoms with Gasteiger partial charge in [0.15, 0.2) is 0 Å². The zero-order valence-corrected chi connectivity index (χ0v) is 7.87. The van der Waals surface area contributed by atoms with Gasteiger partial charge in [-0.05, 0) is 13.8 Å². The van der Waals surface area contributed by atoms with E-state index in [4.69, 9.17) is 9.47 Å². The van der Waals surface area contributed by atoms with Crippen molar-refractivity contribution in [1.29, 1.82) is 0 Å². The van der Waals surface area contributed by atoms with Gasteiger partial charge in [0.2, 0.25) is 0 Å². The molecule has 0 aliphatic carbocycles. The molecule has 13 heavy (non-hydrogen) atoms. The van der Waals surface area contributed by atoms with Gasteiger partial charge < -0.3 is 9.47 Å². The normalized spacial score (nSPS) is 14.9. The van der Waals surface area contributed by atoms with Crippen molar-refractivity contribution in [1.82, 2.24) is 0 Å². The second kappa shape index (κ2) is 4.64. The molecule has 0 aromatic carbocycles. The Hall–Kier alpha value is -1.32. The minimum atomic E-state index is -0.354. The highest BCUT2D eigenvalue weighted by atomic mass is 16.5. The summed E-state index contributed by atoms with van der Waals surface area (Å²) in [5.41, 5.74) is 1.22.